The second-order valence-corrected chi connectivity index (χ2v) is 5.80. The minimum atomic E-state index is 0.573. The first-order valence-electron chi connectivity index (χ1n) is 6.53. The molecule has 0 aliphatic heterocycles. The SMILES string of the molecule is CN(C)c1n[nH]c(NC2CCC3(CC2)CC3)n1. The minimum Gasteiger partial charge on any atom is -0.352 e. The summed E-state index contributed by atoms with van der Waals surface area (Å²) >= 11 is 0. The number of hydrogen-bond acceptors (Lipinski definition) is 4. The number of anilines is 2. The molecule has 17 heavy (non-hydrogen) atoms. The summed E-state index contributed by atoms with van der Waals surface area (Å²) in [5, 5.41) is 10.6. The van der Waals surface area contributed by atoms with Gasteiger partial charge in [-0.05, 0) is 43.9 Å². The second kappa shape index (κ2) is 3.89. The largest absolute Gasteiger partial charge is 0.352 e. The third-order valence-electron chi connectivity index (χ3n) is 4.22. The molecule has 0 bridgehead atoms. The maximum Gasteiger partial charge on any atom is 0.245 e. The fraction of sp³-hybridized carbons (Fsp3) is 0.833. The normalized spacial score (nSPS) is 22.7. The van der Waals surface area contributed by atoms with E-state index in [0.717, 1.165) is 17.3 Å². The maximum atomic E-state index is 4.40. The van der Waals surface area contributed by atoms with Crippen molar-refractivity contribution in [2.24, 2.45) is 5.41 Å². The first-order valence-corrected chi connectivity index (χ1v) is 6.53. The molecule has 2 saturated carbocycles. The average molecular weight is 235 g/mol. The average Bonchev–Trinajstić information content (AvgIpc) is 2.89. The van der Waals surface area contributed by atoms with Gasteiger partial charge in [-0.25, -0.2) is 5.10 Å². The highest BCUT2D eigenvalue weighted by Gasteiger charge is 2.44. The summed E-state index contributed by atoms with van der Waals surface area (Å²) in [6.07, 6.45) is 8.26. The highest BCUT2D eigenvalue weighted by atomic mass is 15.4. The topological polar surface area (TPSA) is 56.8 Å². The smallest absolute Gasteiger partial charge is 0.245 e. The van der Waals surface area contributed by atoms with E-state index in [0.29, 0.717) is 6.04 Å². The molecule has 2 aliphatic rings. The van der Waals surface area contributed by atoms with Crippen molar-refractivity contribution in [2.75, 3.05) is 24.3 Å². The van der Waals surface area contributed by atoms with Gasteiger partial charge in [-0.1, -0.05) is 0 Å². The summed E-state index contributed by atoms with van der Waals surface area (Å²) < 4.78 is 0. The molecule has 1 spiro atoms. The predicted molar refractivity (Wildman–Crippen MR) is 68.3 cm³/mol. The van der Waals surface area contributed by atoms with E-state index >= 15 is 0 Å². The molecule has 0 aromatic carbocycles. The van der Waals surface area contributed by atoms with E-state index < -0.39 is 0 Å². The molecule has 5 nitrogen and oxygen atoms in total. The van der Waals surface area contributed by atoms with Crippen molar-refractivity contribution < 1.29 is 0 Å². The summed E-state index contributed by atoms with van der Waals surface area (Å²) in [6, 6.07) is 0.573. The molecule has 5 heteroatoms. The number of H-pyrrole nitrogens is 1. The fourth-order valence-corrected chi connectivity index (χ4v) is 2.76. The van der Waals surface area contributed by atoms with Crippen LogP contribution in [0, 0.1) is 5.41 Å². The van der Waals surface area contributed by atoms with Crippen LogP contribution in [0.25, 0.3) is 0 Å². The number of nitrogens with one attached hydrogen (secondary N) is 2. The molecule has 2 N–H and O–H groups in total. The summed E-state index contributed by atoms with van der Waals surface area (Å²) in [4.78, 5) is 6.31. The van der Waals surface area contributed by atoms with Crippen molar-refractivity contribution in [1.82, 2.24) is 15.2 Å². The number of nitrogens with zero attached hydrogens (tertiary/aromatic N) is 3. The number of aromatic amines is 1. The lowest BCUT2D eigenvalue weighted by Crippen LogP contribution is -2.27. The highest BCUT2D eigenvalue weighted by Crippen LogP contribution is 2.56. The van der Waals surface area contributed by atoms with Gasteiger partial charge in [0.15, 0.2) is 0 Å². The Kier molecular flexibility index (Phi) is 2.49. The molecule has 2 aliphatic carbocycles. The quantitative estimate of drug-likeness (QED) is 0.841. The van der Waals surface area contributed by atoms with Crippen LogP contribution in [0.15, 0.2) is 0 Å². The third-order valence-corrected chi connectivity index (χ3v) is 4.22. The van der Waals surface area contributed by atoms with Crippen molar-refractivity contribution in [2.45, 2.75) is 44.6 Å². The Labute approximate surface area is 102 Å². The molecule has 3 rings (SSSR count). The maximum absolute atomic E-state index is 4.40. The van der Waals surface area contributed by atoms with Crippen molar-refractivity contribution in [3.63, 3.8) is 0 Å². The van der Waals surface area contributed by atoms with Gasteiger partial charge in [-0.2, -0.15) is 4.98 Å². The van der Waals surface area contributed by atoms with E-state index in [1.807, 2.05) is 19.0 Å². The highest BCUT2D eigenvalue weighted by molar-refractivity contribution is 5.35. The Morgan fingerprint density at radius 1 is 1.24 bits per heavy atom. The van der Waals surface area contributed by atoms with Crippen LogP contribution in [0.3, 0.4) is 0 Å². The number of aromatic nitrogens is 3. The van der Waals surface area contributed by atoms with Crippen LogP contribution in [-0.4, -0.2) is 35.3 Å². The van der Waals surface area contributed by atoms with Crippen LogP contribution in [0.2, 0.25) is 0 Å². The molecule has 2 fully saturated rings. The zero-order chi connectivity index (χ0) is 11.9. The Bertz CT molecular complexity index is 383. The fourth-order valence-electron chi connectivity index (χ4n) is 2.76. The zero-order valence-corrected chi connectivity index (χ0v) is 10.7. The zero-order valence-electron chi connectivity index (χ0n) is 10.7. The van der Waals surface area contributed by atoms with E-state index in [2.05, 4.69) is 20.5 Å². The standard InChI is InChI=1S/C12H21N5/c1-17(2)11-14-10(15-16-11)13-9-3-5-12(6-4-9)7-8-12/h9H,3-8H2,1-2H3,(H2,13,14,15,16). The molecular formula is C12H21N5. The van der Waals surface area contributed by atoms with E-state index in [1.54, 1.807) is 0 Å². The molecule has 0 atom stereocenters. The van der Waals surface area contributed by atoms with Gasteiger partial charge in [0.1, 0.15) is 0 Å². The van der Waals surface area contributed by atoms with Crippen LogP contribution < -0.4 is 10.2 Å². The van der Waals surface area contributed by atoms with E-state index in [1.165, 1.54) is 38.5 Å². The van der Waals surface area contributed by atoms with Crippen LogP contribution in [0.5, 0.6) is 0 Å². The van der Waals surface area contributed by atoms with Gasteiger partial charge in [0.2, 0.25) is 11.9 Å². The molecule has 0 unspecified atom stereocenters. The van der Waals surface area contributed by atoms with Gasteiger partial charge in [-0.3, -0.25) is 0 Å². The van der Waals surface area contributed by atoms with Crippen LogP contribution in [0.4, 0.5) is 11.9 Å². The summed E-state index contributed by atoms with van der Waals surface area (Å²) in [7, 11) is 3.90. The van der Waals surface area contributed by atoms with E-state index in [-0.39, 0.29) is 0 Å². The molecule has 1 heterocycles. The summed E-state index contributed by atoms with van der Waals surface area (Å²) in [5.74, 6) is 1.55. The molecule has 94 valence electrons. The van der Waals surface area contributed by atoms with Crippen molar-refractivity contribution >= 4 is 11.9 Å². The monoisotopic (exact) mass is 235 g/mol. The molecule has 0 radical (unpaired) electrons. The third kappa shape index (κ3) is 2.23. The van der Waals surface area contributed by atoms with Crippen LogP contribution in [0.1, 0.15) is 38.5 Å². The van der Waals surface area contributed by atoms with Crippen molar-refractivity contribution in [3.8, 4) is 0 Å². The van der Waals surface area contributed by atoms with E-state index in [4.69, 9.17) is 0 Å². The molecule has 0 amide bonds. The van der Waals surface area contributed by atoms with E-state index in [9.17, 15) is 0 Å². The first-order chi connectivity index (χ1) is 8.17. The Morgan fingerprint density at radius 3 is 2.47 bits per heavy atom. The molecule has 1 aromatic heterocycles. The van der Waals surface area contributed by atoms with Gasteiger partial charge >= 0.3 is 0 Å². The second-order valence-electron chi connectivity index (χ2n) is 5.80. The van der Waals surface area contributed by atoms with Crippen LogP contribution in [-0.2, 0) is 0 Å². The van der Waals surface area contributed by atoms with Gasteiger partial charge in [-0.15, -0.1) is 5.10 Å². The van der Waals surface area contributed by atoms with Crippen LogP contribution >= 0.6 is 0 Å². The van der Waals surface area contributed by atoms with Gasteiger partial charge in [0.05, 0.1) is 0 Å². The number of rotatable bonds is 3. The predicted octanol–water partition coefficient (Wildman–Crippen LogP) is 2.01. The Hall–Kier alpha value is -1.26. The Balaban J connectivity index is 1.55. The first kappa shape index (κ1) is 10.9. The minimum absolute atomic E-state index is 0.573. The lowest BCUT2D eigenvalue weighted by molar-refractivity contribution is 0.317. The van der Waals surface area contributed by atoms with Gasteiger partial charge in [0, 0.05) is 20.1 Å². The summed E-state index contributed by atoms with van der Waals surface area (Å²) in [6.45, 7) is 0. The summed E-state index contributed by atoms with van der Waals surface area (Å²) in [5.41, 5.74) is 0.758. The Morgan fingerprint density at radius 2 is 1.94 bits per heavy atom. The van der Waals surface area contributed by atoms with Crippen molar-refractivity contribution in [1.29, 1.82) is 0 Å². The molecular weight excluding hydrogens is 214 g/mol. The van der Waals surface area contributed by atoms with Gasteiger partial charge < -0.3 is 10.2 Å². The lowest BCUT2D eigenvalue weighted by Gasteiger charge is -2.28. The van der Waals surface area contributed by atoms with Crippen molar-refractivity contribution in [3.05, 3.63) is 0 Å². The number of hydrogen-bond donors (Lipinski definition) is 2. The molecule has 1 aromatic rings. The van der Waals surface area contributed by atoms with Gasteiger partial charge in [0.25, 0.3) is 0 Å². The lowest BCUT2D eigenvalue weighted by atomic mass is 9.83. The molecule has 0 saturated heterocycles.